The number of carbonyl (C=O) groups excluding carboxylic acids is 3. The monoisotopic (exact) mass is 512 g/mol. The first-order chi connectivity index (χ1) is 16.5. The lowest BCUT2D eigenvalue weighted by Gasteiger charge is -2.27. The van der Waals surface area contributed by atoms with Gasteiger partial charge in [0, 0.05) is 18.3 Å². The molecule has 1 aromatic rings. The maximum absolute atomic E-state index is 13.2. The summed E-state index contributed by atoms with van der Waals surface area (Å²) < 4.78 is 0. The molecule has 1 rings (SSSR count). The molecule has 0 saturated heterocycles. The number of hydrogen-bond donors (Lipinski definition) is 6. The Morgan fingerprint density at radius 2 is 1.71 bits per heavy atom. The van der Waals surface area contributed by atoms with Crippen LogP contribution >= 0.6 is 11.8 Å². The van der Waals surface area contributed by atoms with Gasteiger partial charge in [-0.05, 0) is 36.7 Å². The van der Waals surface area contributed by atoms with Gasteiger partial charge < -0.3 is 31.8 Å². The highest BCUT2D eigenvalue weighted by molar-refractivity contribution is 7.98. The van der Waals surface area contributed by atoms with Gasteiger partial charge in [0.2, 0.25) is 17.7 Å². The predicted molar refractivity (Wildman–Crippen MR) is 136 cm³/mol. The Labute approximate surface area is 211 Å². The number of hydrogen-bond acceptors (Lipinski definition) is 7. The van der Waals surface area contributed by atoms with E-state index in [0.717, 1.165) is 0 Å². The topological polar surface area (TPSA) is 179 Å². The number of carbonyl (C=O) groups is 4. The molecule has 3 amide bonds. The van der Waals surface area contributed by atoms with Crippen molar-refractivity contribution >= 4 is 35.5 Å². The minimum atomic E-state index is -1.13. The van der Waals surface area contributed by atoms with Crippen molar-refractivity contribution in [2.75, 3.05) is 12.0 Å². The lowest BCUT2D eigenvalue weighted by atomic mass is 9.97. The third-order valence-electron chi connectivity index (χ3n) is 5.70. The van der Waals surface area contributed by atoms with Gasteiger partial charge in [0.1, 0.15) is 18.1 Å². The number of thioether (sulfide) groups is 1. The molecular weight excluding hydrogens is 472 g/mol. The summed E-state index contributed by atoms with van der Waals surface area (Å²) in [7, 11) is 0. The van der Waals surface area contributed by atoms with E-state index in [1.165, 1.54) is 6.33 Å². The largest absolute Gasteiger partial charge is 0.480 e. The number of H-pyrrole nitrogens is 1. The van der Waals surface area contributed by atoms with E-state index in [9.17, 15) is 24.3 Å². The maximum Gasteiger partial charge on any atom is 0.326 e. The van der Waals surface area contributed by atoms with Crippen molar-refractivity contribution < 1.29 is 24.3 Å². The van der Waals surface area contributed by atoms with E-state index in [1.807, 2.05) is 27.0 Å². The molecule has 0 spiro atoms. The fraction of sp³-hybridized carbons (Fsp3) is 0.696. The first-order valence-corrected chi connectivity index (χ1v) is 13.2. The number of carboxylic acids is 1. The highest BCUT2D eigenvalue weighted by Gasteiger charge is 2.32. The van der Waals surface area contributed by atoms with Gasteiger partial charge in [0.15, 0.2) is 0 Å². The molecule has 5 atom stereocenters. The highest BCUT2D eigenvalue weighted by Crippen LogP contribution is 2.11. The van der Waals surface area contributed by atoms with Gasteiger partial charge in [-0.2, -0.15) is 11.8 Å². The summed E-state index contributed by atoms with van der Waals surface area (Å²) in [5.41, 5.74) is 6.59. The highest BCUT2D eigenvalue weighted by atomic mass is 32.2. The molecule has 12 heteroatoms. The molecule has 0 radical (unpaired) electrons. The molecule has 0 bridgehead atoms. The van der Waals surface area contributed by atoms with Gasteiger partial charge in [0.25, 0.3) is 0 Å². The van der Waals surface area contributed by atoms with Crippen LogP contribution in [0, 0.1) is 11.8 Å². The number of aromatic amines is 1. The number of imidazole rings is 1. The Balaban J connectivity index is 3.05. The summed E-state index contributed by atoms with van der Waals surface area (Å²) in [5, 5.41) is 17.5. The standard InChI is InChI=1S/C23H40N6O5S/c1-6-14(4)19(23(33)34)29-22(32)17(9-13(2)3)28-21(31)18(10-15-11-25-12-26-15)27-20(30)16(24)7-8-35-5/h11-14,16-19H,6-10,24H2,1-5H3,(H,25,26)(H,27,30)(H,28,31)(H,29,32)(H,33,34). The number of carboxylic acid groups (broad SMARTS) is 1. The molecule has 0 aromatic carbocycles. The van der Waals surface area contributed by atoms with Crippen molar-refractivity contribution in [1.82, 2.24) is 25.9 Å². The lowest BCUT2D eigenvalue weighted by Crippen LogP contribution is -2.58. The van der Waals surface area contributed by atoms with Crippen LogP contribution in [0.3, 0.4) is 0 Å². The van der Waals surface area contributed by atoms with Crippen molar-refractivity contribution in [3.05, 3.63) is 18.2 Å². The van der Waals surface area contributed by atoms with Crippen molar-refractivity contribution in [3.63, 3.8) is 0 Å². The number of nitrogens with one attached hydrogen (secondary N) is 4. The molecule has 1 aromatic heterocycles. The maximum atomic E-state index is 13.2. The van der Waals surface area contributed by atoms with Crippen LogP contribution < -0.4 is 21.7 Å². The molecule has 0 aliphatic rings. The van der Waals surface area contributed by atoms with Gasteiger partial charge in [-0.1, -0.05) is 34.1 Å². The Hall–Kier alpha value is -2.60. The Bertz CT molecular complexity index is 819. The van der Waals surface area contributed by atoms with Gasteiger partial charge in [-0.25, -0.2) is 9.78 Å². The number of aromatic nitrogens is 2. The Morgan fingerprint density at radius 3 is 2.23 bits per heavy atom. The van der Waals surface area contributed by atoms with Crippen LogP contribution in [0.1, 0.15) is 52.7 Å². The molecule has 0 fully saturated rings. The third-order valence-corrected chi connectivity index (χ3v) is 6.34. The molecule has 5 unspecified atom stereocenters. The third kappa shape index (κ3) is 10.7. The number of nitrogens with zero attached hydrogens (tertiary/aromatic N) is 1. The zero-order chi connectivity index (χ0) is 26.5. The molecule has 35 heavy (non-hydrogen) atoms. The minimum Gasteiger partial charge on any atom is -0.480 e. The average Bonchev–Trinajstić information content (AvgIpc) is 3.31. The fourth-order valence-corrected chi connectivity index (χ4v) is 3.88. The van der Waals surface area contributed by atoms with E-state index in [-0.39, 0.29) is 18.3 Å². The van der Waals surface area contributed by atoms with Crippen LogP contribution in [0.25, 0.3) is 0 Å². The smallest absolute Gasteiger partial charge is 0.326 e. The second kappa shape index (κ2) is 15.4. The normalized spacial score (nSPS) is 15.5. The predicted octanol–water partition coefficient (Wildman–Crippen LogP) is 0.664. The van der Waals surface area contributed by atoms with E-state index in [0.29, 0.717) is 30.7 Å². The first kappa shape index (κ1) is 30.4. The van der Waals surface area contributed by atoms with Crippen LogP contribution in [0.4, 0.5) is 0 Å². The number of amides is 3. The summed E-state index contributed by atoms with van der Waals surface area (Å²) in [6.07, 6.45) is 6.35. The van der Waals surface area contributed by atoms with E-state index in [2.05, 4.69) is 25.9 Å². The summed E-state index contributed by atoms with van der Waals surface area (Å²) in [6.45, 7) is 7.37. The van der Waals surface area contributed by atoms with Crippen molar-refractivity contribution in [2.24, 2.45) is 17.6 Å². The fourth-order valence-electron chi connectivity index (χ4n) is 3.39. The van der Waals surface area contributed by atoms with Crippen LogP contribution in [-0.4, -0.2) is 74.9 Å². The van der Waals surface area contributed by atoms with E-state index in [4.69, 9.17) is 5.73 Å². The molecule has 198 valence electrons. The lowest BCUT2D eigenvalue weighted by molar-refractivity contribution is -0.144. The average molecular weight is 513 g/mol. The van der Waals surface area contributed by atoms with Crippen LogP contribution in [0.15, 0.2) is 12.5 Å². The molecule has 11 nitrogen and oxygen atoms in total. The Morgan fingerprint density at radius 1 is 1.09 bits per heavy atom. The molecule has 0 aliphatic carbocycles. The SMILES string of the molecule is CCC(C)C(NC(=O)C(CC(C)C)NC(=O)C(Cc1cnc[nH]1)NC(=O)C(N)CCSC)C(=O)O. The number of aliphatic carboxylic acids is 1. The van der Waals surface area contributed by atoms with Crippen molar-refractivity contribution in [2.45, 2.75) is 77.5 Å². The summed E-state index contributed by atoms with van der Waals surface area (Å²) in [5.74, 6) is -2.30. The van der Waals surface area contributed by atoms with Crippen LogP contribution in [0.2, 0.25) is 0 Å². The van der Waals surface area contributed by atoms with Gasteiger partial charge in [-0.15, -0.1) is 0 Å². The molecule has 7 N–H and O–H groups in total. The molecule has 1 heterocycles. The van der Waals surface area contributed by atoms with E-state index >= 15 is 0 Å². The summed E-state index contributed by atoms with van der Waals surface area (Å²) in [6, 6.07) is -3.83. The summed E-state index contributed by atoms with van der Waals surface area (Å²) in [4.78, 5) is 57.4. The number of nitrogens with two attached hydrogens (primary N) is 1. The Kier molecular flexibility index (Phi) is 13.4. The second-order valence-electron chi connectivity index (χ2n) is 9.13. The van der Waals surface area contributed by atoms with Crippen molar-refractivity contribution in [3.8, 4) is 0 Å². The summed E-state index contributed by atoms with van der Waals surface area (Å²) >= 11 is 1.57. The quantitative estimate of drug-likeness (QED) is 0.187. The zero-order valence-electron chi connectivity index (χ0n) is 21.2. The van der Waals surface area contributed by atoms with E-state index in [1.54, 1.807) is 24.9 Å². The van der Waals surface area contributed by atoms with E-state index < -0.39 is 47.9 Å². The molecule has 0 aliphatic heterocycles. The van der Waals surface area contributed by atoms with Crippen LogP contribution in [-0.2, 0) is 25.6 Å². The molecule has 0 saturated carbocycles. The van der Waals surface area contributed by atoms with Gasteiger partial charge in [-0.3, -0.25) is 14.4 Å². The minimum absolute atomic E-state index is 0.0403. The van der Waals surface area contributed by atoms with Crippen molar-refractivity contribution in [1.29, 1.82) is 0 Å². The molecular formula is C23H40N6O5S. The first-order valence-electron chi connectivity index (χ1n) is 11.9. The second-order valence-corrected chi connectivity index (χ2v) is 10.1. The van der Waals surface area contributed by atoms with Gasteiger partial charge >= 0.3 is 5.97 Å². The number of rotatable bonds is 16. The zero-order valence-corrected chi connectivity index (χ0v) is 22.0. The van der Waals surface area contributed by atoms with Gasteiger partial charge in [0.05, 0.1) is 12.4 Å². The van der Waals surface area contributed by atoms with Crippen LogP contribution in [0.5, 0.6) is 0 Å².